The number of carbonyl (C=O) groups excluding carboxylic acids is 2. The van der Waals surface area contributed by atoms with Crippen molar-refractivity contribution in [1.82, 2.24) is 0 Å². The molecule has 0 fully saturated rings. The van der Waals surface area contributed by atoms with E-state index in [4.69, 9.17) is 5.73 Å². The highest BCUT2D eigenvalue weighted by atomic mass is 19.1. The second kappa shape index (κ2) is 5.11. The molecule has 86 valence electrons. The van der Waals surface area contributed by atoms with Crippen LogP contribution >= 0.6 is 0 Å². The molecule has 16 heavy (non-hydrogen) atoms. The Kier molecular flexibility index (Phi) is 3.82. The van der Waals surface area contributed by atoms with Gasteiger partial charge in [-0.3, -0.25) is 4.79 Å². The van der Waals surface area contributed by atoms with E-state index in [1.54, 1.807) is 0 Å². The van der Waals surface area contributed by atoms with Gasteiger partial charge in [0.15, 0.2) is 0 Å². The van der Waals surface area contributed by atoms with Crippen LogP contribution in [0.2, 0.25) is 0 Å². The first-order valence-electron chi connectivity index (χ1n) is 4.44. The largest absolute Gasteiger partial charge is 0.467 e. The second-order valence-electron chi connectivity index (χ2n) is 3.01. The number of nitrogens with two attached hydrogens (primary N) is 1. The zero-order valence-electron chi connectivity index (χ0n) is 8.57. The van der Waals surface area contributed by atoms with Crippen molar-refractivity contribution in [3.63, 3.8) is 0 Å². The standard InChI is InChI=1S/C10H11FN2O3/c1-16-10(15)8(9(12)14)13-7-4-2-3-6(11)5-7/h2-5,8,13H,1H3,(H2,12,14). The van der Waals surface area contributed by atoms with Gasteiger partial charge in [0.05, 0.1) is 7.11 Å². The Bertz CT molecular complexity index is 409. The minimum Gasteiger partial charge on any atom is -0.467 e. The number of carbonyl (C=O) groups is 2. The van der Waals surface area contributed by atoms with Crippen LogP contribution in [-0.4, -0.2) is 25.0 Å². The van der Waals surface area contributed by atoms with Crippen LogP contribution < -0.4 is 11.1 Å². The Balaban J connectivity index is 2.84. The van der Waals surface area contributed by atoms with Gasteiger partial charge in [0.1, 0.15) is 5.82 Å². The number of primary amides is 1. The zero-order chi connectivity index (χ0) is 12.1. The van der Waals surface area contributed by atoms with Gasteiger partial charge in [-0.25, -0.2) is 9.18 Å². The topological polar surface area (TPSA) is 81.4 Å². The summed E-state index contributed by atoms with van der Waals surface area (Å²) in [4.78, 5) is 22.1. The predicted octanol–water partition coefficient (Wildman–Crippen LogP) is 0.264. The summed E-state index contributed by atoms with van der Waals surface area (Å²) in [6, 6.07) is 3.99. The number of hydrogen-bond donors (Lipinski definition) is 2. The second-order valence-corrected chi connectivity index (χ2v) is 3.01. The van der Waals surface area contributed by atoms with Crippen molar-refractivity contribution < 1.29 is 18.7 Å². The average molecular weight is 226 g/mol. The third kappa shape index (κ3) is 2.94. The average Bonchev–Trinajstić information content (AvgIpc) is 2.24. The highest BCUT2D eigenvalue weighted by molar-refractivity contribution is 6.03. The van der Waals surface area contributed by atoms with E-state index in [1.165, 1.54) is 18.2 Å². The summed E-state index contributed by atoms with van der Waals surface area (Å²) in [5.41, 5.74) is 5.28. The lowest BCUT2D eigenvalue weighted by atomic mass is 10.2. The zero-order valence-corrected chi connectivity index (χ0v) is 8.57. The molecule has 0 aliphatic heterocycles. The highest BCUT2D eigenvalue weighted by Gasteiger charge is 2.24. The molecule has 0 radical (unpaired) electrons. The molecule has 0 saturated heterocycles. The number of ether oxygens (including phenoxy) is 1. The molecule has 0 aliphatic rings. The van der Waals surface area contributed by atoms with Crippen LogP contribution in [0.3, 0.4) is 0 Å². The summed E-state index contributed by atoms with van der Waals surface area (Å²) < 4.78 is 17.2. The first-order chi connectivity index (χ1) is 7.54. The molecule has 3 N–H and O–H groups in total. The smallest absolute Gasteiger partial charge is 0.338 e. The van der Waals surface area contributed by atoms with Crippen molar-refractivity contribution >= 4 is 17.6 Å². The first kappa shape index (κ1) is 12.0. The summed E-state index contributed by atoms with van der Waals surface area (Å²) >= 11 is 0. The van der Waals surface area contributed by atoms with Crippen LogP contribution in [0.25, 0.3) is 0 Å². The summed E-state index contributed by atoms with van der Waals surface area (Å²) in [6.45, 7) is 0. The molecule has 0 spiro atoms. The van der Waals surface area contributed by atoms with E-state index in [9.17, 15) is 14.0 Å². The maximum absolute atomic E-state index is 12.8. The van der Waals surface area contributed by atoms with Crippen molar-refractivity contribution in [2.24, 2.45) is 5.73 Å². The van der Waals surface area contributed by atoms with Gasteiger partial charge in [-0.15, -0.1) is 0 Å². The van der Waals surface area contributed by atoms with Crippen LogP contribution in [0.1, 0.15) is 0 Å². The predicted molar refractivity (Wildman–Crippen MR) is 55.0 cm³/mol. The molecule has 0 aliphatic carbocycles. The third-order valence-electron chi connectivity index (χ3n) is 1.86. The first-order valence-corrected chi connectivity index (χ1v) is 4.44. The Morgan fingerprint density at radius 2 is 2.19 bits per heavy atom. The molecule has 1 unspecified atom stereocenters. The van der Waals surface area contributed by atoms with E-state index < -0.39 is 23.7 Å². The van der Waals surface area contributed by atoms with Crippen molar-refractivity contribution in [1.29, 1.82) is 0 Å². The number of anilines is 1. The van der Waals surface area contributed by atoms with E-state index >= 15 is 0 Å². The maximum Gasteiger partial charge on any atom is 0.338 e. The van der Waals surface area contributed by atoms with Gasteiger partial charge in [0, 0.05) is 5.69 Å². The number of hydrogen-bond acceptors (Lipinski definition) is 4. The lowest BCUT2D eigenvalue weighted by Crippen LogP contribution is -2.42. The summed E-state index contributed by atoms with van der Waals surface area (Å²) in [5.74, 6) is -2.20. The lowest BCUT2D eigenvalue weighted by molar-refractivity contribution is -0.144. The van der Waals surface area contributed by atoms with Gasteiger partial charge in [0.25, 0.3) is 5.91 Å². The number of halogens is 1. The van der Waals surface area contributed by atoms with Gasteiger partial charge < -0.3 is 15.8 Å². The van der Waals surface area contributed by atoms with Crippen molar-refractivity contribution in [2.75, 3.05) is 12.4 Å². The summed E-state index contributed by atoms with van der Waals surface area (Å²) in [6.07, 6.45) is 0. The fourth-order valence-corrected chi connectivity index (χ4v) is 1.11. The summed E-state index contributed by atoms with van der Waals surface area (Å²) in [7, 11) is 1.13. The molecule has 1 aromatic rings. The lowest BCUT2D eigenvalue weighted by Gasteiger charge is -2.14. The van der Waals surface area contributed by atoms with Gasteiger partial charge in [0.2, 0.25) is 6.04 Å². The number of rotatable bonds is 4. The van der Waals surface area contributed by atoms with Crippen LogP contribution in [0, 0.1) is 5.82 Å². The van der Waals surface area contributed by atoms with E-state index in [0.29, 0.717) is 0 Å². The Labute approximate surface area is 91.4 Å². The normalized spacial score (nSPS) is 11.6. The quantitative estimate of drug-likeness (QED) is 0.570. The third-order valence-corrected chi connectivity index (χ3v) is 1.86. The minimum absolute atomic E-state index is 0.272. The molecule has 0 saturated carbocycles. The molecule has 6 heteroatoms. The van der Waals surface area contributed by atoms with Crippen LogP contribution in [-0.2, 0) is 14.3 Å². The molecular formula is C10H11FN2O3. The molecule has 5 nitrogen and oxygen atoms in total. The van der Waals surface area contributed by atoms with Crippen LogP contribution in [0.15, 0.2) is 24.3 Å². The molecule has 0 aromatic heterocycles. The summed E-state index contributed by atoms with van der Waals surface area (Å²) in [5, 5.41) is 2.48. The van der Waals surface area contributed by atoms with E-state index in [2.05, 4.69) is 10.1 Å². The molecular weight excluding hydrogens is 215 g/mol. The molecule has 1 rings (SSSR count). The van der Waals surface area contributed by atoms with Crippen molar-refractivity contribution in [2.45, 2.75) is 6.04 Å². The van der Waals surface area contributed by atoms with Gasteiger partial charge in [-0.2, -0.15) is 0 Å². The molecule has 0 bridgehead atoms. The molecule has 0 heterocycles. The van der Waals surface area contributed by atoms with E-state index in [-0.39, 0.29) is 5.69 Å². The Morgan fingerprint density at radius 3 is 2.69 bits per heavy atom. The number of benzene rings is 1. The number of methoxy groups -OCH3 is 1. The Hall–Kier alpha value is -2.11. The van der Waals surface area contributed by atoms with Crippen molar-refractivity contribution in [3.05, 3.63) is 30.1 Å². The fraction of sp³-hybridized carbons (Fsp3) is 0.200. The molecule has 1 atom stereocenters. The van der Waals surface area contributed by atoms with Crippen molar-refractivity contribution in [3.8, 4) is 0 Å². The van der Waals surface area contributed by atoms with Gasteiger partial charge >= 0.3 is 5.97 Å². The monoisotopic (exact) mass is 226 g/mol. The highest BCUT2D eigenvalue weighted by Crippen LogP contribution is 2.10. The van der Waals surface area contributed by atoms with Crippen LogP contribution in [0.4, 0.5) is 10.1 Å². The van der Waals surface area contributed by atoms with Crippen LogP contribution in [0.5, 0.6) is 0 Å². The van der Waals surface area contributed by atoms with Gasteiger partial charge in [-0.05, 0) is 18.2 Å². The molecule has 1 aromatic carbocycles. The number of nitrogens with one attached hydrogen (secondary N) is 1. The SMILES string of the molecule is COC(=O)C(Nc1cccc(F)c1)C(N)=O. The number of amides is 1. The Morgan fingerprint density at radius 1 is 1.50 bits per heavy atom. The maximum atomic E-state index is 12.8. The fourth-order valence-electron chi connectivity index (χ4n) is 1.11. The van der Waals surface area contributed by atoms with E-state index in [1.807, 2.05) is 0 Å². The van der Waals surface area contributed by atoms with E-state index in [0.717, 1.165) is 13.2 Å². The number of esters is 1. The minimum atomic E-state index is -1.33. The van der Waals surface area contributed by atoms with Gasteiger partial charge in [-0.1, -0.05) is 6.07 Å². The molecule has 1 amide bonds.